The smallest absolute Gasteiger partial charge is 0.417 e. The number of benzene rings is 1. The molecule has 0 N–H and O–H groups in total. The molecule has 0 radical (unpaired) electrons. The number of ether oxygens (including phenoxy) is 1. The molecule has 0 unspecified atom stereocenters. The first-order valence-corrected chi connectivity index (χ1v) is 8.64. The predicted molar refractivity (Wildman–Crippen MR) is 93.1 cm³/mol. The molecule has 0 bridgehead atoms. The van der Waals surface area contributed by atoms with Gasteiger partial charge in [-0.1, -0.05) is 0 Å². The largest absolute Gasteiger partial charge is 0.475 e. The first-order chi connectivity index (χ1) is 11.7. The van der Waals surface area contributed by atoms with Gasteiger partial charge >= 0.3 is 6.18 Å². The second-order valence-corrected chi connectivity index (χ2v) is 7.06. The minimum Gasteiger partial charge on any atom is -0.475 e. The Bertz CT molecular complexity index is 763. The van der Waals surface area contributed by atoms with Crippen molar-refractivity contribution in [1.82, 2.24) is 4.98 Å². The maximum Gasteiger partial charge on any atom is 0.417 e. The number of nitrogens with zero attached hydrogens (tertiary/aromatic N) is 2. The molecule has 0 aliphatic carbocycles. The van der Waals surface area contributed by atoms with E-state index in [4.69, 9.17) is 4.74 Å². The Morgan fingerprint density at radius 1 is 1.12 bits per heavy atom. The van der Waals surface area contributed by atoms with Crippen LogP contribution < -0.4 is 9.64 Å². The lowest BCUT2D eigenvalue weighted by atomic mass is 10.1. The van der Waals surface area contributed by atoms with Gasteiger partial charge in [-0.2, -0.15) is 13.2 Å². The molecular weight excluding hydrogens is 329 g/mol. The van der Waals surface area contributed by atoms with Crippen molar-refractivity contribution >= 4 is 16.6 Å². The van der Waals surface area contributed by atoms with Gasteiger partial charge in [-0.05, 0) is 58.7 Å². The molecule has 6 heteroatoms. The van der Waals surface area contributed by atoms with Crippen LogP contribution in [0.1, 0.15) is 46.1 Å². The summed E-state index contributed by atoms with van der Waals surface area (Å²) in [4.78, 5) is 6.45. The lowest BCUT2D eigenvalue weighted by Gasteiger charge is -2.29. The molecule has 0 saturated carbocycles. The zero-order valence-corrected chi connectivity index (χ0v) is 14.9. The van der Waals surface area contributed by atoms with Crippen LogP contribution in [0.3, 0.4) is 0 Å². The lowest BCUT2D eigenvalue weighted by molar-refractivity contribution is -0.136. The number of fused-ring (bicyclic) bond motifs is 1. The number of halogens is 3. The van der Waals surface area contributed by atoms with Gasteiger partial charge in [-0.25, -0.2) is 4.98 Å². The van der Waals surface area contributed by atoms with E-state index in [1.807, 2.05) is 6.07 Å². The molecule has 1 aromatic carbocycles. The van der Waals surface area contributed by atoms with Crippen molar-refractivity contribution < 1.29 is 17.9 Å². The Balaban J connectivity index is 2.15. The van der Waals surface area contributed by atoms with E-state index in [9.17, 15) is 13.2 Å². The van der Waals surface area contributed by atoms with Gasteiger partial charge in [0.2, 0.25) is 5.88 Å². The normalized spacial score (nSPS) is 21.4. The van der Waals surface area contributed by atoms with Gasteiger partial charge < -0.3 is 9.64 Å². The SMILES string of the molecule is CC(C)Oc1cc(C(F)(F)F)c2cc(N3[C@H](C)CC[C@@H]3C)ccc2n1. The fraction of sp³-hybridized carbons (Fsp3) is 0.526. The van der Waals surface area contributed by atoms with Gasteiger partial charge in [-0.15, -0.1) is 0 Å². The number of rotatable bonds is 3. The Hall–Kier alpha value is -1.98. The highest BCUT2D eigenvalue weighted by atomic mass is 19.4. The summed E-state index contributed by atoms with van der Waals surface area (Å²) in [5.74, 6) is 0.00508. The van der Waals surface area contributed by atoms with Gasteiger partial charge in [-0.3, -0.25) is 0 Å². The number of aromatic nitrogens is 1. The molecule has 3 rings (SSSR count). The van der Waals surface area contributed by atoms with Crippen molar-refractivity contribution in [3.63, 3.8) is 0 Å². The maximum absolute atomic E-state index is 13.6. The summed E-state index contributed by atoms with van der Waals surface area (Å²) in [6, 6.07) is 6.76. The van der Waals surface area contributed by atoms with Crippen molar-refractivity contribution in [1.29, 1.82) is 0 Å². The Kier molecular flexibility index (Phi) is 4.56. The van der Waals surface area contributed by atoms with Crippen molar-refractivity contribution in [3.8, 4) is 5.88 Å². The number of alkyl halides is 3. The van der Waals surface area contributed by atoms with Crippen molar-refractivity contribution in [2.45, 2.75) is 64.9 Å². The number of hydrogen-bond acceptors (Lipinski definition) is 3. The summed E-state index contributed by atoms with van der Waals surface area (Å²) in [6.07, 6.45) is -2.61. The van der Waals surface area contributed by atoms with Crippen LogP contribution in [0.4, 0.5) is 18.9 Å². The molecule has 3 nitrogen and oxygen atoms in total. The van der Waals surface area contributed by atoms with E-state index in [2.05, 4.69) is 23.7 Å². The number of anilines is 1. The molecule has 2 aromatic rings. The molecule has 1 aliphatic rings. The Labute approximate surface area is 145 Å². The van der Waals surface area contributed by atoms with E-state index in [1.54, 1.807) is 26.0 Å². The summed E-state index contributed by atoms with van der Waals surface area (Å²) in [6.45, 7) is 7.74. The first-order valence-electron chi connectivity index (χ1n) is 8.64. The second-order valence-electron chi connectivity index (χ2n) is 7.06. The number of pyridine rings is 1. The van der Waals surface area contributed by atoms with Crippen LogP contribution in [0.2, 0.25) is 0 Å². The molecule has 0 spiro atoms. The zero-order valence-electron chi connectivity index (χ0n) is 14.9. The average molecular weight is 352 g/mol. The van der Waals surface area contributed by atoms with E-state index in [0.717, 1.165) is 24.6 Å². The molecule has 1 aromatic heterocycles. The van der Waals surface area contributed by atoms with Gasteiger partial charge in [0.05, 0.1) is 17.2 Å². The average Bonchev–Trinajstić information content (AvgIpc) is 2.83. The second kappa shape index (κ2) is 6.39. The van der Waals surface area contributed by atoms with Crippen LogP contribution in [0.25, 0.3) is 10.9 Å². The standard InChI is InChI=1S/C19H23F3N2O/c1-11(2)25-18-10-16(19(20,21)22)15-9-14(7-8-17(15)23-18)24-12(3)5-6-13(24)4/h7-13H,5-6H2,1-4H3/t12-,13+. The highest BCUT2D eigenvalue weighted by Gasteiger charge is 2.35. The fourth-order valence-electron chi connectivity index (χ4n) is 3.59. The van der Waals surface area contributed by atoms with Gasteiger partial charge in [0.25, 0.3) is 0 Å². The van der Waals surface area contributed by atoms with E-state index in [-0.39, 0.29) is 17.4 Å². The van der Waals surface area contributed by atoms with E-state index in [1.165, 1.54) is 0 Å². The Morgan fingerprint density at radius 3 is 2.32 bits per heavy atom. The molecule has 2 heterocycles. The zero-order chi connectivity index (χ0) is 18.4. The van der Waals surface area contributed by atoms with Crippen LogP contribution in [0, 0.1) is 0 Å². The quantitative estimate of drug-likeness (QED) is 0.738. The number of hydrogen-bond donors (Lipinski definition) is 0. The maximum atomic E-state index is 13.6. The van der Waals surface area contributed by atoms with Crippen LogP contribution in [-0.2, 0) is 6.18 Å². The van der Waals surface area contributed by atoms with Crippen molar-refractivity contribution in [3.05, 3.63) is 29.8 Å². The van der Waals surface area contributed by atoms with Crippen molar-refractivity contribution in [2.24, 2.45) is 0 Å². The van der Waals surface area contributed by atoms with E-state index < -0.39 is 11.7 Å². The van der Waals surface area contributed by atoms with Gasteiger partial charge in [0.15, 0.2) is 0 Å². The van der Waals surface area contributed by atoms with Crippen LogP contribution in [-0.4, -0.2) is 23.2 Å². The predicted octanol–water partition coefficient (Wildman–Crippen LogP) is 5.42. The van der Waals surface area contributed by atoms with Gasteiger partial charge in [0.1, 0.15) is 0 Å². The van der Waals surface area contributed by atoms with Crippen LogP contribution >= 0.6 is 0 Å². The molecule has 25 heavy (non-hydrogen) atoms. The first kappa shape index (κ1) is 17.8. The molecular formula is C19H23F3N2O. The van der Waals surface area contributed by atoms with Crippen LogP contribution in [0.15, 0.2) is 24.3 Å². The van der Waals surface area contributed by atoms with Crippen LogP contribution in [0.5, 0.6) is 5.88 Å². The molecule has 1 aliphatic heterocycles. The van der Waals surface area contributed by atoms with Gasteiger partial charge in [0, 0.05) is 29.2 Å². The fourth-order valence-corrected chi connectivity index (χ4v) is 3.59. The van der Waals surface area contributed by atoms with E-state index >= 15 is 0 Å². The summed E-state index contributed by atoms with van der Waals surface area (Å²) >= 11 is 0. The van der Waals surface area contributed by atoms with Crippen molar-refractivity contribution in [2.75, 3.05) is 4.90 Å². The third-order valence-corrected chi connectivity index (χ3v) is 4.68. The third kappa shape index (κ3) is 3.53. The Morgan fingerprint density at radius 2 is 1.76 bits per heavy atom. The monoisotopic (exact) mass is 352 g/mol. The summed E-state index contributed by atoms with van der Waals surface area (Å²) in [5, 5.41) is 0.118. The third-order valence-electron chi connectivity index (χ3n) is 4.68. The molecule has 2 atom stereocenters. The molecule has 1 saturated heterocycles. The highest BCUT2D eigenvalue weighted by Crippen LogP contribution is 2.39. The summed E-state index contributed by atoms with van der Waals surface area (Å²) in [5.41, 5.74) is 0.415. The topological polar surface area (TPSA) is 25.4 Å². The van der Waals surface area contributed by atoms with E-state index in [0.29, 0.717) is 17.6 Å². The lowest BCUT2D eigenvalue weighted by Crippen LogP contribution is -2.32. The molecule has 1 fully saturated rings. The summed E-state index contributed by atoms with van der Waals surface area (Å²) < 4.78 is 46.2. The highest BCUT2D eigenvalue weighted by molar-refractivity contribution is 5.87. The minimum absolute atomic E-state index is 0.00508. The molecule has 0 amide bonds. The minimum atomic E-state index is -4.46. The molecule has 136 valence electrons. The summed E-state index contributed by atoms with van der Waals surface area (Å²) in [7, 11) is 0.